The zero-order valence-corrected chi connectivity index (χ0v) is 17.7. The van der Waals surface area contributed by atoms with Gasteiger partial charge >= 0.3 is 6.18 Å². The number of nitrogen functional groups attached to an aromatic ring is 1. The fourth-order valence-electron chi connectivity index (χ4n) is 3.69. The normalized spacial score (nSPS) is 12.2. The van der Waals surface area contributed by atoms with Gasteiger partial charge in [0, 0.05) is 11.9 Å². The van der Waals surface area contributed by atoms with Crippen molar-refractivity contribution in [2.75, 3.05) is 19.4 Å². The second-order valence-corrected chi connectivity index (χ2v) is 7.50. The average Bonchev–Trinajstić information content (AvgIpc) is 3.18. The van der Waals surface area contributed by atoms with Crippen molar-refractivity contribution < 1.29 is 17.9 Å². The lowest BCUT2D eigenvalue weighted by Crippen LogP contribution is -2.24. The highest BCUT2D eigenvalue weighted by atomic mass is 19.4. The van der Waals surface area contributed by atoms with Gasteiger partial charge in [-0.25, -0.2) is 9.97 Å². The summed E-state index contributed by atoms with van der Waals surface area (Å²) >= 11 is 0. The molecule has 168 valence electrons. The Kier molecular flexibility index (Phi) is 5.88. The van der Waals surface area contributed by atoms with Gasteiger partial charge in [-0.15, -0.1) is 5.10 Å². The number of benzene rings is 2. The Morgan fingerprint density at radius 2 is 1.81 bits per heavy atom. The fraction of sp³-hybridized carbons (Fsp3) is 0.318. The van der Waals surface area contributed by atoms with Gasteiger partial charge in [-0.3, -0.25) is 4.90 Å². The maximum Gasteiger partial charge on any atom is 0.416 e. The monoisotopic (exact) mass is 444 g/mol. The highest BCUT2D eigenvalue weighted by Crippen LogP contribution is 2.30. The van der Waals surface area contributed by atoms with Crippen LogP contribution in [0.1, 0.15) is 30.3 Å². The molecule has 0 spiro atoms. The number of anilines is 1. The van der Waals surface area contributed by atoms with Crippen LogP contribution in [-0.4, -0.2) is 38.1 Å². The lowest BCUT2D eigenvalue weighted by molar-refractivity contribution is -0.137. The zero-order valence-electron chi connectivity index (χ0n) is 17.7. The van der Waals surface area contributed by atoms with Crippen LogP contribution < -0.4 is 10.5 Å². The molecule has 0 unspecified atom stereocenters. The van der Waals surface area contributed by atoms with Gasteiger partial charge < -0.3 is 10.5 Å². The molecular formula is C22H23F3N6O. The van der Waals surface area contributed by atoms with E-state index < -0.39 is 11.7 Å². The SMILES string of the molecule is CCCN(Cc1ccc(C(F)(F)F)cc1)Cc1nc2c3cccc(OC)c3nc(N)n2n1. The molecule has 2 aromatic heterocycles. The van der Waals surface area contributed by atoms with Crippen LogP contribution in [0.5, 0.6) is 5.75 Å². The molecule has 0 aliphatic carbocycles. The molecule has 4 aromatic rings. The standard InChI is InChI=1S/C22H23F3N6O/c1-3-11-30(12-14-7-9-15(10-8-14)22(23,24)25)13-18-27-20-16-5-4-6-17(32-2)19(16)28-21(26)31(20)29-18/h4-10H,3,11-13H2,1-2H3,(H2,26,28). The number of fused-ring (bicyclic) bond motifs is 3. The average molecular weight is 444 g/mol. The topological polar surface area (TPSA) is 81.6 Å². The highest BCUT2D eigenvalue weighted by molar-refractivity contribution is 5.95. The van der Waals surface area contributed by atoms with Gasteiger partial charge in [0.05, 0.1) is 19.2 Å². The number of hydrogen-bond acceptors (Lipinski definition) is 6. The predicted octanol–water partition coefficient (Wildman–Crippen LogP) is 4.30. The van der Waals surface area contributed by atoms with E-state index in [1.54, 1.807) is 13.2 Å². The Morgan fingerprint density at radius 1 is 1.06 bits per heavy atom. The van der Waals surface area contributed by atoms with Gasteiger partial charge in [0.15, 0.2) is 11.5 Å². The van der Waals surface area contributed by atoms with Gasteiger partial charge in [-0.2, -0.15) is 17.7 Å². The molecule has 7 nitrogen and oxygen atoms in total. The van der Waals surface area contributed by atoms with E-state index in [0.717, 1.165) is 36.0 Å². The van der Waals surface area contributed by atoms with Crippen molar-refractivity contribution in [2.24, 2.45) is 0 Å². The first-order valence-corrected chi connectivity index (χ1v) is 10.2. The maximum absolute atomic E-state index is 12.8. The lowest BCUT2D eigenvalue weighted by Gasteiger charge is -2.20. The van der Waals surface area contributed by atoms with Crippen LogP contribution >= 0.6 is 0 Å². The Hall–Kier alpha value is -3.40. The van der Waals surface area contributed by atoms with E-state index >= 15 is 0 Å². The van der Waals surface area contributed by atoms with E-state index in [1.807, 2.05) is 19.1 Å². The summed E-state index contributed by atoms with van der Waals surface area (Å²) in [4.78, 5) is 11.2. The van der Waals surface area contributed by atoms with E-state index in [2.05, 4.69) is 20.0 Å². The van der Waals surface area contributed by atoms with Crippen molar-refractivity contribution in [3.05, 3.63) is 59.4 Å². The molecule has 2 heterocycles. The van der Waals surface area contributed by atoms with Gasteiger partial charge in [0.2, 0.25) is 5.95 Å². The fourth-order valence-corrected chi connectivity index (χ4v) is 3.69. The molecule has 2 N–H and O–H groups in total. The summed E-state index contributed by atoms with van der Waals surface area (Å²) in [6.07, 6.45) is -3.47. The second kappa shape index (κ2) is 8.62. The van der Waals surface area contributed by atoms with Gasteiger partial charge in [0.1, 0.15) is 11.3 Å². The Balaban J connectivity index is 1.62. The summed E-state index contributed by atoms with van der Waals surface area (Å²) < 4.78 is 45.4. The van der Waals surface area contributed by atoms with Crippen LogP contribution in [0.3, 0.4) is 0 Å². The number of nitrogens with zero attached hydrogens (tertiary/aromatic N) is 5. The molecule has 32 heavy (non-hydrogen) atoms. The quantitative estimate of drug-likeness (QED) is 0.458. The molecule has 0 fully saturated rings. The summed E-state index contributed by atoms with van der Waals surface area (Å²) in [5.41, 5.74) is 7.42. The van der Waals surface area contributed by atoms with E-state index in [4.69, 9.17) is 10.5 Å². The largest absolute Gasteiger partial charge is 0.494 e. The Bertz CT molecular complexity index is 1240. The Labute approximate surface area is 182 Å². The van der Waals surface area contributed by atoms with Crippen LogP contribution in [0.25, 0.3) is 16.6 Å². The molecule has 10 heteroatoms. The summed E-state index contributed by atoms with van der Waals surface area (Å²) in [5, 5.41) is 5.28. The highest BCUT2D eigenvalue weighted by Gasteiger charge is 2.30. The van der Waals surface area contributed by atoms with Gasteiger partial charge in [0.25, 0.3) is 0 Å². The van der Waals surface area contributed by atoms with Crippen molar-refractivity contribution in [1.29, 1.82) is 0 Å². The molecule has 4 rings (SSSR count). The third-order valence-electron chi connectivity index (χ3n) is 5.15. The second-order valence-electron chi connectivity index (χ2n) is 7.50. The molecule has 0 radical (unpaired) electrons. The summed E-state index contributed by atoms with van der Waals surface area (Å²) in [6, 6.07) is 10.7. The lowest BCUT2D eigenvalue weighted by atomic mass is 10.1. The number of alkyl halides is 3. The predicted molar refractivity (Wildman–Crippen MR) is 115 cm³/mol. The number of ether oxygens (including phenoxy) is 1. The van der Waals surface area contributed by atoms with E-state index in [1.165, 1.54) is 16.6 Å². The van der Waals surface area contributed by atoms with Crippen LogP contribution in [0.15, 0.2) is 42.5 Å². The van der Waals surface area contributed by atoms with Crippen molar-refractivity contribution in [2.45, 2.75) is 32.6 Å². The number of aromatic nitrogens is 4. The molecule has 0 bridgehead atoms. The number of nitrogens with two attached hydrogens (primary N) is 1. The third kappa shape index (κ3) is 4.31. The zero-order chi connectivity index (χ0) is 22.9. The first-order valence-electron chi connectivity index (χ1n) is 10.2. The van der Waals surface area contributed by atoms with Crippen LogP contribution in [0.4, 0.5) is 19.1 Å². The van der Waals surface area contributed by atoms with E-state index in [-0.39, 0.29) is 5.95 Å². The number of rotatable bonds is 7. The number of hydrogen-bond donors (Lipinski definition) is 1. The van der Waals surface area contributed by atoms with Crippen molar-refractivity contribution in [3.8, 4) is 5.75 Å². The minimum absolute atomic E-state index is 0.195. The number of methoxy groups -OCH3 is 1. The van der Waals surface area contributed by atoms with Crippen molar-refractivity contribution in [3.63, 3.8) is 0 Å². The minimum atomic E-state index is -4.35. The number of halogens is 3. The van der Waals surface area contributed by atoms with Crippen LogP contribution in [0.2, 0.25) is 0 Å². The molecule has 0 aliphatic heterocycles. The smallest absolute Gasteiger partial charge is 0.416 e. The van der Waals surface area contributed by atoms with E-state index in [0.29, 0.717) is 35.8 Å². The van der Waals surface area contributed by atoms with E-state index in [9.17, 15) is 13.2 Å². The summed E-state index contributed by atoms with van der Waals surface area (Å²) in [5.74, 6) is 1.34. The van der Waals surface area contributed by atoms with Gasteiger partial charge in [-0.05, 0) is 42.8 Å². The molecule has 0 saturated heterocycles. The van der Waals surface area contributed by atoms with Crippen molar-refractivity contribution in [1.82, 2.24) is 24.5 Å². The number of para-hydroxylation sites is 1. The third-order valence-corrected chi connectivity index (χ3v) is 5.15. The van der Waals surface area contributed by atoms with Crippen LogP contribution in [-0.2, 0) is 19.3 Å². The summed E-state index contributed by atoms with van der Waals surface area (Å²) in [7, 11) is 1.57. The Morgan fingerprint density at radius 3 is 2.47 bits per heavy atom. The molecular weight excluding hydrogens is 421 g/mol. The van der Waals surface area contributed by atoms with Gasteiger partial charge in [-0.1, -0.05) is 25.1 Å². The first-order chi connectivity index (χ1) is 15.3. The molecule has 0 saturated carbocycles. The summed E-state index contributed by atoms with van der Waals surface area (Å²) in [6.45, 7) is 3.67. The minimum Gasteiger partial charge on any atom is -0.494 e. The first kappa shape index (κ1) is 21.8. The molecule has 0 atom stereocenters. The van der Waals surface area contributed by atoms with Crippen molar-refractivity contribution >= 4 is 22.5 Å². The maximum atomic E-state index is 12.8. The van der Waals surface area contributed by atoms with Crippen LogP contribution in [0, 0.1) is 0 Å². The molecule has 0 aliphatic rings. The molecule has 2 aromatic carbocycles. The molecule has 0 amide bonds.